The summed E-state index contributed by atoms with van der Waals surface area (Å²) in [6.45, 7) is 4.23. The molecule has 0 aromatic carbocycles. The van der Waals surface area contributed by atoms with Gasteiger partial charge in [-0.3, -0.25) is 14.7 Å². The molecule has 10 nitrogen and oxygen atoms in total. The van der Waals surface area contributed by atoms with Crippen LogP contribution in [0.25, 0.3) is 0 Å². The molecular weight excluding hydrogens is 528 g/mol. The zero-order valence-corrected chi connectivity index (χ0v) is 19.8. The second-order valence-electron chi connectivity index (χ2n) is 8.37. The summed E-state index contributed by atoms with van der Waals surface area (Å²) in [6, 6.07) is 4.08. The van der Waals surface area contributed by atoms with E-state index < -0.39 is 24.3 Å². The van der Waals surface area contributed by atoms with Gasteiger partial charge in [0.15, 0.2) is 0 Å². The van der Waals surface area contributed by atoms with Gasteiger partial charge in [0.25, 0.3) is 0 Å². The first kappa shape index (κ1) is 30.5. The van der Waals surface area contributed by atoms with Crippen molar-refractivity contribution in [2.24, 2.45) is 5.92 Å². The average Bonchev–Trinajstić information content (AvgIpc) is 3.19. The van der Waals surface area contributed by atoms with Crippen LogP contribution < -0.4 is 5.32 Å². The Kier molecular flexibility index (Phi) is 10.6. The monoisotopic (exact) mass is 553 g/mol. The highest BCUT2D eigenvalue weighted by molar-refractivity contribution is 5.79. The van der Waals surface area contributed by atoms with Gasteiger partial charge in [-0.25, -0.2) is 14.6 Å². The molecule has 1 aliphatic heterocycles. The lowest BCUT2D eigenvalue weighted by Gasteiger charge is -2.27. The van der Waals surface area contributed by atoms with Crippen LogP contribution in [-0.4, -0.2) is 66.4 Å². The predicted molar refractivity (Wildman–Crippen MR) is 117 cm³/mol. The molecule has 4 rings (SSSR count). The van der Waals surface area contributed by atoms with Crippen LogP contribution in [0.4, 0.5) is 26.3 Å². The average molecular weight is 553 g/mol. The number of aromatic nitrogens is 3. The van der Waals surface area contributed by atoms with Gasteiger partial charge in [-0.2, -0.15) is 26.3 Å². The number of nitrogens with zero attached hydrogens (tertiary/aromatic N) is 4. The molecule has 0 spiro atoms. The van der Waals surface area contributed by atoms with Crippen LogP contribution in [0.2, 0.25) is 0 Å². The number of pyridine rings is 1. The van der Waals surface area contributed by atoms with Crippen LogP contribution >= 0.6 is 0 Å². The van der Waals surface area contributed by atoms with E-state index in [4.69, 9.17) is 24.8 Å². The third-order valence-corrected chi connectivity index (χ3v) is 5.46. The van der Waals surface area contributed by atoms with Gasteiger partial charge in [0.2, 0.25) is 5.91 Å². The van der Waals surface area contributed by atoms with E-state index in [1.54, 1.807) is 6.20 Å². The minimum Gasteiger partial charge on any atom is -0.475 e. The summed E-state index contributed by atoms with van der Waals surface area (Å²) >= 11 is 0. The molecule has 0 radical (unpaired) electrons. The van der Waals surface area contributed by atoms with Gasteiger partial charge < -0.3 is 20.1 Å². The Hall–Kier alpha value is -3.69. The Morgan fingerprint density at radius 2 is 1.63 bits per heavy atom. The Bertz CT molecular complexity index is 1060. The maximum Gasteiger partial charge on any atom is 0.490 e. The molecule has 2 aliphatic rings. The van der Waals surface area contributed by atoms with E-state index in [9.17, 15) is 31.1 Å². The van der Waals surface area contributed by atoms with Crippen LogP contribution in [0, 0.1) is 5.92 Å². The van der Waals surface area contributed by atoms with Crippen molar-refractivity contribution in [2.75, 3.05) is 6.54 Å². The van der Waals surface area contributed by atoms with Crippen LogP contribution in [0.5, 0.6) is 0 Å². The quantitative estimate of drug-likeness (QED) is 0.481. The number of nitrogens with one attached hydrogen (secondary N) is 1. The van der Waals surface area contributed by atoms with Crippen molar-refractivity contribution in [1.29, 1.82) is 0 Å². The molecule has 0 bridgehead atoms. The second kappa shape index (κ2) is 13.2. The Morgan fingerprint density at radius 3 is 2.11 bits per heavy atom. The first-order valence-electron chi connectivity index (χ1n) is 11.2. The summed E-state index contributed by atoms with van der Waals surface area (Å²) in [4.78, 5) is 41.0. The van der Waals surface area contributed by atoms with Crippen molar-refractivity contribution in [2.45, 2.75) is 57.8 Å². The van der Waals surface area contributed by atoms with Gasteiger partial charge in [0.05, 0.1) is 18.8 Å². The molecule has 1 aliphatic carbocycles. The number of rotatable bonds is 5. The van der Waals surface area contributed by atoms with E-state index in [0.717, 1.165) is 50.5 Å². The number of carboxylic acids is 2. The normalized spacial score (nSPS) is 15.5. The maximum atomic E-state index is 11.9. The summed E-state index contributed by atoms with van der Waals surface area (Å²) < 4.78 is 65.7. The van der Waals surface area contributed by atoms with Gasteiger partial charge in [0.1, 0.15) is 5.82 Å². The smallest absolute Gasteiger partial charge is 0.475 e. The number of alkyl halides is 6. The number of halogens is 6. The highest BCUT2D eigenvalue weighted by Crippen LogP contribution is 2.26. The molecule has 2 aromatic heterocycles. The molecule has 210 valence electrons. The van der Waals surface area contributed by atoms with E-state index in [2.05, 4.69) is 32.0 Å². The first-order valence-corrected chi connectivity index (χ1v) is 11.2. The van der Waals surface area contributed by atoms with Gasteiger partial charge in [-0.1, -0.05) is 12.5 Å². The zero-order chi connectivity index (χ0) is 28.5. The van der Waals surface area contributed by atoms with Crippen molar-refractivity contribution in [3.63, 3.8) is 0 Å². The van der Waals surface area contributed by atoms with Crippen LogP contribution in [0.1, 0.15) is 36.3 Å². The maximum absolute atomic E-state index is 11.9. The number of imidazole rings is 1. The summed E-state index contributed by atoms with van der Waals surface area (Å²) in [5.41, 5.74) is 2.19. The second-order valence-corrected chi connectivity index (χ2v) is 8.37. The molecule has 0 saturated heterocycles. The zero-order valence-electron chi connectivity index (χ0n) is 19.8. The number of carboxylic acid groups (broad SMARTS) is 2. The van der Waals surface area contributed by atoms with Gasteiger partial charge >= 0.3 is 24.3 Å². The standard InChI is InChI=1S/C18H23N5O.2C2HF3O2/c24-18(15-4-1-5-15)20-10-16-12-23-8-7-22(13-17(23)21-16)11-14-3-2-6-19-9-14;2*3-2(4,5)1(6)7/h2-3,6,9,12,15H,1,4-5,7-8,10-11,13H2,(H,20,24);2*(H,6,7). The van der Waals surface area contributed by atoms with Crippen molar-refractivity contribution < 1.29 is 50.9 Å². The van der Waals surface area contributed by atoms with Crippen molar-refractivity contribution >= 4 is 17.8 Å². The van der Waals surface area contributed by atoms with Gasteiger partial charge in [-0.15, -0.1) is 0 Å². The number of aliphatic carboxylic acids is 2. The van der Waals surface area contributed by atoms with Crippen molar-refractivity contribution in [3.05, 3.63) is 47.8 Å². The molecule has 38 heavy (non-hydrogen) atoms. The number of hydrogen-bond donors (Lipinski definition) is 3. The van der Waals surface area contributed by atoms with Crippen LogP contribution in [0.15, 0.2) is 30.7 Å². The number of carbonyl (C=O) groups is 3. The highest BCUT2D eigenvalue weighted by Gasteiger charge is 2.38. The fourth-order valence-electron chi connectivity index (χ4n) is 3.32. The summed E-state index contributed by atoms with van der Waals surface area (Å²) in [5, 5.41) is 17.3. The summed E-state index contributed by atoms with van der Waals surface area (Å²) in [6.07, 6.45) is -1.11. The lowest BCUT2D eigenvalue weighted by Crippen LogP contribution is -2.34. The molecule has 2 aromatic rings. The molecule has 1 fully saturated rings. The molecule has 1 saturated carbocycles. The van der Waals surface area contributed by atoms with E-state index >= 15 is 0 Å². The summed E-state index contributed by atoms with van der Waals surface area (Å²) in [5.74, 6) is -4.01. The van der Waals surface area contributed by atoms with E-state index in [-0.39, 0.29) is 11.8 Å². The molecule has 3 heterocycles. The Balaban J connectivity index is 0.000000301. The molecule has 0 unspecified atom stereocenters. The molecular formula is C22H25F6N5O5. The van der Waals surface area contributed by atoms with Crippen molar-refractivity contribution in [3.8, 4) is 0 Å². The Morgan fingerprint density at radius 1 is 1.03 bits per heavy atom. The fourth-order valence-corrected chi connectivity index (χ4v) is 3.32. The van der Waals surface area contributed by atoms with E-state index in [1.165, 1.54) is 12.0 Å². The van der Waals surface area contributed by atoms with Gasteiger partial charge in [0, 0.05) is 44.1 Å². The number of carbonyl (C=O) groups excluding carboxylic acids is 1. The third-order valence-electron chi connectivity index (χ3n) is 5.46. The van der Waals surface area contributed by atoms with Crippen molar-refractivity contribution in [1.82, 2.24) is 24.8 Å². The van der Waals surface area contributed by atoms with Crippen LogP contribution in [-0.2, 0) is 40.6 Å². The number of hydrogen-bond acceptors (Lipinski definition) is 6. The lowest BCUT2D eigenvalue weighted by molar-refractivity contribution is -0.193. The highest BCUT2D eigenvalue weighted by atomic mass is 19.4. The predicted octanol–water partition coefficient (Wildman–Crippen LogP) is 2.98. The third kappa shape index (κ3) is 9.99. The topological polar surface area (TPSA) is 138 Å². The minimum absolute atomic E-state index is 0.186. The molecule has 1 amide bonds. The number of amides is 1. The molecule has 0 atom stereocenters. The SMILES string of the molecule is O=C(NCc1cn2c(n1)CN(Cc1cccnc1)CC2)C1CCC1.O=C(O)C(F)(F)F.O=C(O)C(F)(F)F. The molecule has 3 N–H and O–H groups in total. The van der Waals surface area contributed by atoms with Gasteiger partial charge in [-0.05, 0) is 24.5 Å². The summed E-state index contributed by atoms with van der Waals surface area (Å²) in [7, 11) is 0. The first-order chi connectivity index (χ1) is 17.7. The number of fused-ring (bicyclic) bond motifs is 1. The largest absolute Gasteiger partial charge is 0.490 e. The Labute approximate surface area is 212 Å². The van der Waals surface area contributed by atoms with E-state index in [1.807, 2.05) is 12.3 Å². The molecule has 16 heteroatoms. The van der Waals surface area contributed by atoms with Crippen LogP contribution in [0.3, 0.4) is 0 Å². The lowest BCUT2D eigenvalue weighted by atomic mass is 9.85. The minimum atomic E-state index is -5.08. The fraction of sp³-hybridized carbons (Fsp3) is 0.500. The van der Waals surface area contributed by atoms with E-state index in [0.29, 0.717) is 6.54 Å².